The third kappa shape index (κ3) is 3.76. The van der Waals surface area contributed by atoms with Gasteiger partial charge < -0.3 is 5.32 Å². The first kappa shape index (κ1) is 21.6. The summed E-state index contributed by atoms with van der Waals surface area (Å²) in [6.07, 6.45) is -3.21. The fourth-order valence-electron chi connectivity index (χ4n) is 3.86. The lowest BCUT2D eigenvalue weighted by molar-refractivity contribution is -0.142. The molecular formula is C24H19F3N6O. The number of rotatable bonds is 4. The molecule has 0 saturated carbocycles. The van der Waals surface area contributed by atoms with Crippen LogP contribution in [0.2, 0.25) is 0 Å². The Labute approximate surface area is 191 Å². The van der Waals surface area contributed by atoms with Gasteiger partial charge >= 0.3 is 6.18 Å². The summed E-state index contributed by atoms with van der Waals surface area (Å²) in [7, 11) is 0. The highest BCUT2D eigenvalue weighted by Gasteiger charge is 2.35. The van der Waals surface area contributed by atoms with Crippen molar-refractivity contribution in [1.29, 1.82) is 0 Å². The molecule has 5 rings (SSSR count). The molecule has 1 N–H and O–H groups in total. The van der Waals surface area contributed by atoms with E-state index in [0.717, 1.165) is 22.5 Å². The van der Waals surface area contributed by atoms with Crippen LogP contribution in [0.1, 0.15) is 28.8 Å². The molecule has 2 aromatic carbocycles. The van der Waals surface area contributed by atoms with Gasteiger partial charge in [0.05, 0.1) is 23.3 Å². The second-order valence-electron chi connectivity index (χ2n) is 7.80. The highest BCUT2D eigenvalue weighted by Crippen LogP contribution is 2.33. The van der Waals surface area contributed by atoms with E-state index < -0.39 is 17.8 Å². The van der Waals surface area contributed by atoms with Gasteiger partial charge in [-0.3, -0.25) is 9.48 Å². The van der Waals surface area contributed by atoms with Gasteiger partial charge in [0.2, 0.25) is 0 Å². The van der Waals surface area contributed by atoms with Crippen LogP contribution >= 0.6 is 0 Å². The summed E-state index contributed by atoms with van der Waals surface area (Å²) in [5.74, 6) is -0.648. The van der Waals surface area contributed by atoms with Gasteiger partial charge in [0.1, 0.15) is 0 Å². The summed E-state index contributed by atoms with van der Waals surface area (Å²) in [5, 5.41) is 12.6. The number of amides is 1. The Balaban J connectivity index is 1.58. The Morgan fingerprint density at radius 2 is 1.82 bits per heavy atom. The minimum absolute atomic E-state index is 0.0795. The SMILES string of the molecule is CCn1ncc(NC(=O)c2cc3nc(-c4ccc5ccccc5c4)cc(C(F)(F)F)n3n2)c1C. The van der Waals surface area contributed by atoms with E-state index in [-0.39, 0.29) is 17.0 Å². The fourth-order valence-corrected chi connectivity index (χ4v) is 3.86. The average Bonchev–Trinajstić information content (AvgIpc) is 3.40. The Bertz CT molecular complexity index is 1550. The second-order valence-corrected chi connectivity index (χ2v) is 7.80. The number of fused-ring (bicyclic) bond motifs is 2. The minimum Gasteiger partial charge on any atom is -0.318 e. The summed E-state index contributed by atoms with van der Waals surface area (Å²) < 4.78 is 44.1. The van der Waals surface area contributed by atoms with Crippen LogP contribution in [0.4, 0.5) is 18.9 Å². The molecule has 0 aliphatic heterocycles. The van der Waals surface area contributed by atoms with Crippen molar-refractivity contribution in [3.63, 3.8) is 0 Å². The molecule has 1 amide bonds. The van der Waals surface area contributed by atoms with E-state index in [1.165, 1.54) is 12.3 Å². The van der Waals surface area contributed by atoms with Gasteiger partial charge in [0, 0.05) is 18.2 Å². The molecule has 10 heteroatoms. The molecule has 0 spiro atoms. The molecule has 34 heavy (non-hydrogen) atoms. The smallest absolute Gasteiger partial charge is 0.318 e. The number of nitrogens with one attached hydrogen (secondary N) is 1. The van der Waals surface area contributed by atoms with E-state index in [4.69, 9.17) is 0 Å². The van der Waals surface area contributed by atoms with E-state index in [9.17, 15) is 18.0 Å². The molecule has 3 aromatic heterocycles. The molecule has 0 aliphatic rings. The van der Waals surface area contributed by atoms with Crippen molar-refractivity contribution in [3.8, 4) is 11.3 Å². The van der Waals surface area contributed by atoms with Gasteiger partial charge in [-0.1, -0.05) is 36.4 Å². The normalized spacial score (nSPS) is 11.9. The van der Waals surface area contributed by atoms with Crippen LogP contribution in [0, 0.1) is 6.92 Å². The number of alkyl halides is 3. The monoisotopic (exact) mass is 464 g/mol. The predicted octanol–water partition coefficient (Wildman–Crippen LogP) is 5.35. The molecule has 3 heterocycles. The van der Waals surface area contributed by atoms with Gasteiger partial charge in [-0.25, -0.2) is 9.50 Å². The van der Waals surface area contributed by atoms with Crippen LogP contribution in [-0.2, 0) is 12.7 Å². The van der Waals surface area contributed by atoms with Crippen molar-refractivity contribution in [2.45, 2.75) is 26.6 Å². The van der Waals surface area contributed by atoms with Crippen molar-refractivity contribution in [3.05, 3.63) is 77.9 Å². The highest BCUT2D eigenvalue weighted by atomic mass is 19.4. The minimum atomic E-state index is -4.70. The number of anilines is 1. The van der Waals surface area contributed by atoms with Crippen molar-refractivity contribution >= 4 is 28.0 Å². The predicted molar refractivity (Wildman–Crippen MR) is 122 cm³/mol. The van der Waals surface area contributed by atoms with Crippen molar-refractivity contribution in [2.75, 3.05) is 5.32 Å². The lowest BCUT2D eigenvalue weighted by atomic mass is 10.0. The van der Waals surface area contributed by atoms with E-state index in [0.29, 0.717) is 22.3 Å². The maximum atomic E-state index is 13.9. The van der Waals surface area contributed by atoms with Gasteiger partial charge in [-0.2, -0.15) is 23.4 Å². The fraction of sp³-hybridized carbons (Fsp3) is 0.167. The second kappa shape index (κ2) is 7.98. The lowest BCUT2D eigenvalue weighted by Crippen LogP contribution is -2.16. The highest BCUT2D eigenvalue weighted by molar-refractivity contribution is 6.03. The number of benzene rings is 2. The van der Waals surface area contributed by atoms with Gasteiger partial charge in [-0.15, -0.1) is 0 Å². The number of carbonyl (C=O) groups excluding carboxylic acids is 1. The summed E-state index contributed by atoms with van der Waals surface area (Å²) in [6.45, 7) is 4.31. The Kier molecular flexibility index (Phi) is 5.07. The largest absolute Gasteiger partial charge is 0.433 e. The van der Waals surface area contributed by atoms with E-state index in [1.54, 1.807) is 23.7 Å². The van der Waals surface area contributed by atoms with Crippen LogP contribution in [0.3, 0.4) is 0 Å². The molecule has 172 valence electrons. The number of nitrogens with zero attached hydrogens (tertiary/aromatic N) is 5. The number of hydrogen-bond acceptors (Lipinski definition) is 4. The van der Waals surface area contributed by atoms with Gasteiger partial charge in [-0.05, 0) is 36.8 Å². The Hall–Kier alpha value is -4.21. The topological polar surface area (TPSA) is 77.1 Å². The molecule has 0 fully saturated rings. The zero-order chi connectivity index (χ0) is 24.0. The number of carbonyl (C=O) groups is 1. The third-order valence-electron chi connectivity index (χ3n) is 5.65. The first-order valence-corrected chi connectivity index (χ1v) is 10.6. The first-order valence-electron chi connectivity index (χ1n) is 10.6. The summed E-state index contributed by atoms with van der Waals surface area (Å²) >= 11 is 0. The summed E-state index contributed by atoms with van der Waals surface area (Å²) in [6, 6.07) is 15.1. The van der Waals surface area contributed by atoms with Gasteiger partial charge in [0.25, 0.3) is 5.91 Å². The average molecular weight is 464 g/mol. The van der Waals surface area contributed by atoms with Gasteiger partial charge in [0.15, 0.2) is 17.0 Å². The first-order chi connectivity index (χ1) is 16.2. The van der Waals surface area contributed by atoms with E-state index in [2.05, 4.69) is 20.5 Å². The van der Waals surface area contributed by atoms with Crippen LogP contribution in [0.25, 0.3) is 27.7 Å². The number of aromatic nitrogens is 5. The van der Waals surface area contributed by atoms with Crippen LogP contribution < -0.4 is 5.32 Å². The lowest BCUT2D eigenvalue weighted by Gasteiger charge is -2.11. The molecule has 0 aliphatic carbocycles. The molecule has 0 unspecified atom stereocenters. The maximum absolute atomic E-state index is 13.9. The molecule has 0 saturated heterocycles. The standard InChI is InChI=1S/C24H19F3N6O/c1-3-32-14(2)20(13-28-32)30-23(34)19-12-22-29-18(11-21(24(25,26)27)33(22)31-19)17-9-8-15-6-4-5-7-16(15)10-17/h4-13H,3H2,1-2H3,(H,30,34). The van der Waals surface area contributed by atoms with Crippen LogP contribution in [0.15, 0.2) is 60.8 Å². The van der Waals surface area contributed by atoms with Crippen LogP contribution in [0.5, 0.6) is 0 Å². The molecule has 0 bridgehead atoms. The van der Waals surface area contributed by atoms with Crippen molar-refractivity contribution in [2.24, 2.45) is 0 Å². The van der Waals surface area contributed by atoms with E-state index >= 15 is 0 Å². The summed E-state index contributed by atoms with van der Waals surface area (Å²) in [4.78, 5) is 17.1. The molecule has 5 aromatic rings. The quantitative estimate of drug-likeness (QED) is 0.389. The van der Waals surface area contributed by atoms with Crippen molar-refractivity contribution < 1.29 is 18.0 Å². The Morgan fingerprint density at radius 3 is 2.53 bits per heavy atom. The number of hydrogen-bond donors (Lipinski definition) is 1. The molecule has 0 radical (unpaired) electrons. The molecule has 0 atom stereocenters. The van der Waals surface area contributed by atoms with Crippen LogP contribution in [-0.4, -0.2) is 30.3 Å². The third-order valence-corrected chi connectivity index (χ3v) is 5.65. The number of aryl methyl sites for hydroxylation is 1. The number of halogens is 3. The zero-order valence-corrected chi connectivity index (χ0v) is 18.3. The van der Waals surface area contributed by atoms with Crippen molar-refractivity contribution in [1.82, 2.24) is 24.4 Å². The zero-order valence-electron chi connectivity index (χ0n) is 18.3. The van der Waals surface area contributed by atoms with E-state index in [1.807, 2.05) is 37.3 Å². The molecule has 7 nitrogen and oxygen atoms in total. The molecular weight excluding hydrogens is 445 g/mol. The Morgan fingerprint density at radius 1 is 1.06 bits per heavy atom. The maximum Gasteiger partial charge on any atom is 0.433 e. The summed E-state index contributed by atoms with van der Waals surface area (Å²) in [5.41, 5.74) is 0.576.